The minimum Gasteiger partial charge on any atom is -0.311 e. The zero-order chi connectivity index (χ0) is 14.1. The normalized spacial score (nSPS) is 13.3. The number of carbonyl (C=O) groups is 1. The first-order valence-electron chi connectivity index (χ1n) is 6.34. The molecule has 0 bridgehead atoms. The van der Waals surface area contributed by atoms with Crippen LogP contribution in [0.15, 0.2) is 39.9 Å². The number of fused-ring (bicyclic) bond motifs is 1. The van der Waals surface area contributed by atoms with E-state index in [2.05, 4.69) is 9.97 Å². The Morgan fingerprint density at radius 2 is 2.00 bits per heavy atom. The fourth-order valence-electron chi connectivity index (χ4n) is 2.47. The lowest BCUT2D eigenvalue weighted by Crippen LogP contribution is -2.32. The van der Waals surface area contributed by atoms with E-state index in [4.69, 9.17) is 0 Å². The number of amides is 1. The number of anilines is 1. The molecule has 2 aromatic rings. The molecule has 102 valence electrons. The average Bonchev–Trinajstić information content (AvgIpc) is 2.81. The summed E-state index contributed by atoms with van der Waals surface area (Å²) in [5.41, 5.74) is 1.28. The average molecular weight is 271 g/mol. The molecule has 0 unspecified atom stereocenters. The summed E-state index contributed by atoms with van der Waals surface area (Å²) in [7, 11) is 0. The first kappa shape index (κ1) is 12.4. The molecule has 20 heavy (non-hydrogen) atoms. The van der Waals surface area contributed by atoms with Gasteiger partial charge in [0.2, 0.25) is 5.91 Å². The molecule has 0 fully saturated rings. The van der Waals surface area contributed by atoms with E-state index in [-0.39, 0.29) is 12.3 Å². The third-order valence-corrected chi connectivity index (χ3v) is 3.35. The fourth-order valence-corrected chi connectivity index (χ4v) is 2.47. The van der Waals surface area contributed by atoms with Crippen molar-refractivity contribution in [2.45, 2.75) is 12.8 Å². The Hall–Kier alpha value is -2.63. The van der Waals surface area contributed by atoms with Crippen molar-refractivity contribution in [3.05, 3.63) is 62.4 Å². The van der Waals surface area contributed by atoms with Crippen molar-refractivity contribution in [3.8, 4) is 0 Å². The predicted molar refractivity (Wildman–Crippen MR) is 73.9 cm³/mol. The first-order valence-corrected chi connectivity index (χ1v) is 6.34. The van der Waals surface area contributed by atoms with Crippen molar-refractivity contribution < 1.29 is 4.79 Å². The minimum absolute atomic E-state index is 0.00743. The van der Waals surface area contributed by atoms with Crippen LogP contribution in [0.2, 0.25) is 0 Å². The largest absolute Gasteiger partial charge is 0.325 e. The summed E-state index contributed by atoms with van der Waals surface area (Å²) in [5.74, 6) is -0.129. The van der Waals surface area contributed by atoms with Gasteiger partial charge in [-0.2, -0.15) is 0 Å². The minimum atomic E-state index is -0.595. The number of para-hydroxylation sites is 1. The van der Waals surface area contributed by atoms with Crippen LogP contribution in [0.1, 0.15) is 11.3 Å². The van der Waals surface area contributed by atoms with Gasteiger partial charge in [0.1, 0.15) is 0 Å². The second kappa shape index (κ2) is 4.80. The SMILES string of the molecule is O=C(Cc1cc(=O)[nH]c(=O)[nH]1)N1CCc2ccccc21. The monoisotopic (exact) mass is 271 g/mol. The van der Waals surface area contributed by atoms with Crippen LogP contribution >= 0.6 is 0 Å². The van der Waals surface area contributed by atoms with Crippen LogP contribution in [0.3, 0.4) is 0 Å². The Labute approximate surface area is 114 Å². The third-order valence-electron chi connectivity index (χ3n) is 3.35. The molecular formula is C14H13N3O3. The van der Waals surface area contributed by atoms with Crippen molar-refractivity contribution in [1.82, 2.24) is 9.97 Å². The number of carbonyl (C=O) groups excluding carboxylic acids is 1. The molecular weight excluding hydrogens is 258 g/mol. The highest BCUT2D eigenvalue weighted by molar-refractivity contribution is 5.96. The standard InChI is InChI=1S/C14H13N3O3/c18-12-7-10(15-14(20)16-12)8-13(19)17-6-5-9-3-1-2-4-11(9)17/h1-4,7H,5-6,8H2,(H2,15,16,18,20). The van der Waals surface area contributed by atoms with Gasteiger partial charge in [0.15, 0.2) is 0 Å². The molecule has 3 rings (SSSR count). The Morgan fingerprint density at radius 1 is 1.20 bits per heavy atom. The molecule has 2 heterocycles. The highest BCUT2D eigenvalue weighted by Gasteiger charge is 2.24. The summed E-state index contributed by atoms with van der Waals surface area (Å²) in [5, 5.41) is 0. The van der Waals surface area contributed by atoms with Gasteiger partial charge in [-0.05, 0) is 18.1 Å². The highest BCUT2D eigenvalue weighted by Crippen LogP contribution is 2.27. The van der Waals surface area contributed by atoms with Crippen LogP contribution in [0.4, 0.5) is 5.69 Å². The number of nitrogens with one attached hydrogen (secondary N) is 2. The van der Waals surface area contributed by atoms with E-state index in [1.165, 1.54) is 6.07 Å². The van der Waals surface area contributed by atoms with Gasteiger partial charge in [-0.15, -0.1) is 0 Å². The lowest BCUT2D eigenvalue weighted by atomic mass is 10.2. The molecule has 0 aliphatic carbocycles. The van der Waals surface area contributed by atoms with Gasteiger partial charge in [-0.3, -0.25) is 14.6 Å². The molecule has 0 atom stereocenters. The highest BCUT2D eigenvalue weighted by atomic mass is 16.2. The summed E-state index contributed by atoms with van der Waals surface area (Å²) >= 11 is 0. The third kappa shape index (κ3) is 2.27. The van der Waals surface area contributed by atoms with Crippen LogP contribution in [0, 0.1) is 0 Å². The molecule has 1 aromatic carbocycles. The molecule has 0 saturated carbocycles. The van der Waals surface area contributed by atoms with Gasteiger partial charge >= 0.3 is 5.69 Å². The van der Waals surface area contributed by atoms with E-state index in [0.29, 0.717) is 12.2 Å². The molecule has 1 aliphatic heterocycles. The summed E-state index contributed by atoms with van der Waals surface area (Å²) in [6.07, 6.45) is 0.835. The molecule has 1 amide bonds. The summed E-state index contributed by atoms with van der Waals surface area (Å²) < 4.78 is 0. The Bertz CT molecular complexity index is 747. The molecule has 6 heteroatoms. The molecule has 0 spiro atoms. The van der Waals surface area contributed by atoms with Crippen LogP contribution in [-0.4, -0.2) is 22.4 Å². The predicted octanol–water partition coefficient (Wildman–Crippen LogP) is 0.195. The molecule has 0 radical (unpaired) electrons. The van der Waals surface area contributed by atoms with Gasteiger partial charge in [0.05, 0.1) is 6.42 Å². The second-order valence-corrected chi connectivity index (χ2v) is 4.71. The van der Waals surface area contributed by atoms with E-state index < -0.39 is 11.2 Å². The first-order chi connectivity index (χ1) is 9.63. The number of rotatable bonds is 2. The van der Waals surface area contributed by atoms with E-state index in [0.717, 1.165) is 17.7 Å². The van der Waals surface area contributed by atoms with Crippen LogP contribution < -0.4 is 16.1 Å². The summed E-state index contributed by atoms with van der Waals surface area (Å²) in [4.78, 5) is 40.9. The van der Waals surface area contributed by atoms with Crippen molar-refractivity contribution in [1.29, 1.82) is 0 Å². The second-order valence-electron chi connectivity index (χ2n) is 4.71. The molecule has 1 aromatic heterocycles. The van der Waals surface area contributed by atoms with E-state index in [1.54, 1.807) is 4.90 Å². The Morgan fingerprint density at radius 3 is 2.80 bits per heavy atom. The lowest BCUT2D eigenvalue weighted by molar-refractivity contribution is -0.117. The Balaban J connectivity index is 1.84. The van der Waals surface area contributed by atoms with Gasteiger partial charge in [-0.25, -0.2) is 4.79 Å². The zero-order valence-electron chi connectivity index (χ0n) is 10.7. The van der Waals surface area contributed by atoms with Gasteiger partial charge < -0.3 is 9.88 Å². The van der Waals surface area contributed by atoms with E-state index in [9.17, 15) is 14.4 Å². The van der Waals surface area contributed by atoms with Gasteiger partial charge in [0.25, 0.3) is 5.56 Å². The van der Waals surface area contributed by atoms with Crippen molar-refractivity contribution in [2.75, 3.05) is 11.4 Å². The maximum Gasteiger partial charge on any atom is 0.325 e. The number of hydrogen-bond acceptors (Lipinski definition) is 3. The number of benzene rings is 1. The molecule has 6 nitrogen and oxygen atoms in total. The zero-order valence-corrected chi connectivity index (χ0v) is 10.7. The van der Waals surface area contributed by atoms with Crippen molar-refractivity contribution in [2.24, 2.45) is 0 Å². The van der Waals surface area contributed by atoms with Gasteiger partial charge in [-0.1, -0.05) is 18.2 Å². The number of aromatic amines is 2. The smallest absolute Gasteiger partial charge is 0.311 e. The number of hydrogen-bond donors (Lipinski definition) is 2. The number of aromatic nitrogens is 2. The van der Waals surface area contributed by atoms with E-state index in [1.807, 2.05) is 24.3 Å². The topological polar surface area (TPSA) is 86.0 Å². The van der Waals surface area contributed by atoms with E-state index >= 15 is 0 Å². The quantitative estimate of drug-likeness (QED) is 0.817. The maximum absolute atomic E-state index is 12.3. The molecule has 0 saturated heterocycles. The summed E-state index contributed by atoms with van der Waals surface area (Å²) in [6, 6.07) is 8.97. The molecule has 2 N–H and O–H groups in total. The van der Waals surface area contributed by atoms with Crippen LogP contribution in [0.5, 0.6) is 0 Å². The summed E-state index contributed by atoms with van der Waals surface area (Å²) in [6.45, 7) is 0.631. The van der Waals surface area contributed by atoms with Gasteiger partial charge in [0, 0.05) is 24.0 Å². The number of nitrogens with zero attached hydrogens (tertiary/aromatic N) is 1. The fraction of sp³-hybridized carbons (Fsp3) is 0.214. The van der Waals surface area contributed by atoms with Crippen LogP contribution in [-0.2, 0) is 17.6 Å². The molecule has 1 aliphatic rings. The number of H-pyrrole nitrogens is 2. The van der Waals surface area contributed by atoms with Crippen LogP contribution in [0.25, 0.3) is 0 Å². The lowest BCUT2D eigenvalue weighted by Gasteiger charge is -2.17. The van der Waals surface area contributed by atoms with Crippen molar-refractivity contribution in [3.63, 3.8) is 0 Å². The maximum atomic E-state index is 12.3. The van der Waals surface area contributed by atoms with Crippen molar-refractivity contribution >= 4 is 11.6 Å². The Kier molecular flexibility index (Phi) is 2.98.